The van der Waals surface area contributed by atoms with E-state index >= 15 is 0 Å². The van der Waals surface area contributed by atoms with Crippen LogP contribution in [-0.2, 0) is 14.8 Å². The van der Waals surface area contributed by atoms with Crippen LogP contribution in [0.5, 0.6) is 0 Å². The van der Waals surface area contributed by atoms with Gasteiger partial charge in [-0.25, -0.2) is 8.42 Å². The lowest BCUT2D eigenvalue weighted by molar-refractivity contribution is -0.115. The summed E-state index contributed by atoms with van der Waals surface area (Å²) >= 11 is 0. The first-order valence-corrected chi connectivity index (χ1v) is 8.40. The van der Waals surface area contributed by atoms with Crippen molar-refractivity contribution >= 4 is 27.3 Å². The summed E-state index contributed by atoms with van der Waals surface area (Å²) in [5, 5.41) is 5.85. The number of hydrogen-bond donors (Lipinski definition) is 3. The summed E-state index contributed by atoms with van der Waals surface area (Å²) in [7, 11) is -3.27. The second kappa shape index (κ2) is 6.23. The van der Waals surface area contributed by atoms with E-state index in [0.717, 1.165) is 18.7 Å². The number of nitrogens with one attached hydrogen (secondary N) is 3. The third-order valence-corrected chi connectivity index (χ3v) is 3.49. The van der Waals surface area contributed by atoms with Crippen LogP contribution < -0.4 is 15.4 Å². The summed E-state index contributed by atoms with van der Waals surface area (Å²) < 4.78 is 24.5. The monoisotopic (exact) mass is 297 g/mol. The first-order valence-electron chi connectivity index (χ1n) is 6.51. The first kappa shape index (κ1) is 14.8. The van der Waals surface area contributed by atoms with Crippen LogP contribution in [0.4, 0.5) is 11.4 Å². The van der Waals surface area contributed by atoms with Gasteiger partial charge < -0.3 is 10.6 Å². The largest absolute Gasteiger partial charge is 0.325 e. The molecule has 1 amide bonds. The van der Waals surface area contributed by atoms with Crippen molar-refractivity contribution in [1.82, 2.24) is 5.32 Å². The molecule has 1 fully saturated rings. The van der Waals surface area contributed by atoms with Gasteiger partial charge >= 0.3 is 0 Å². The molecule has 2 rings (SSSR count). The molecule has 1 aliphatic rings. The standard InChI is InChI=1S/C13H19N3O3S/c1-20(18,19)16-12-6-4-11(5-7-12)15-13(17)9-14-8-10-2-3-10/h4-7,10,14,16H,2-3,8-9H2,1H3,(H,15,17). The molecule has 110 valence electrons. The average molecular weight is 297 g/mol. The number of carbonyl (C=O) groups excluding carboxylic acids is 1. The Bertz CT molecular complexity index is 565. The molecular formula is C13H19N3O3S. The smallest absolute Gasteiger partial charge is 0.238 e. The van der Waals surface area contributed by atoms with E-state index < -0.39 is 10.0 Å². The number of benzene rings is 1. The molecule has 0 aromatic heterocycles. The molecular weight excluding hydrogens is 278 g/mol. The molecule has 0 bridgehead atoms. The van der Waals surface area contributed by atoms with Gasteiger partial charge in [-0.2, -0.15) is 0 Å². The van der Waals surface area contributed by atoms with Crippen LogP contribution in [0.15, 0.2) is 24.3 Å². The number of carbonyl (C=O) groups is 1. The Morgan fingerprint density at radius 3 is 2.35 bits per heavy atom. The Kier molecular flexibility index (Phi) is 4.61. The molecule has 6 nitrogen and oxygen atoms in total. The van der Waals surface area contributed by atoms with Gasteiger partial charge in [0, 0.05) is 11.4 Å². The van der Waals surface area contributed by atoms with Gasteiger partial charge in [-0.15, -0.1) is 0 Å². The van der Waals surface area contributed by atoms with E-state index in [1.807, 2.05) is 0 Å². The minimum absolute atomic E-state index is 0.102. The zero-order chi connectivity index (χ0) is 14.6. The number of amides is 1. The number of hydrogen-bond acceptors (Lipinski definition) is 4. The van der Waals surface area contributed by atoms with Crippen LogP contribution in [0.2, 0.25) is 0 Å². The number of rotatable bonds is 7. The van der Waals surface area contributed by atoms with E-state index in [4.69, 9.17) is 0 Å². The van der Waals surface area contributed by atoms with Gasteiger partial charge in [-0.1, -0.05) is 0 Å². The lowest BCUT2D eigenvalue weighted by Crippen LogP contribution is -2.29. The van der Waals surface area contributed by atoms with Gasteiger partial charge in [0.15, 0.2) is 0 Å². The highest BCUT2D eigenvalue weighted by Crippen LogP contribution is 2.27. The molecule has 1 aromatic rings. The van der Waals surface area contributed by atoms with E-state index in [1.165, 1.54) is 12.8 Å². The molecule has 1 aliphatic carbocycles. The fourth-order valence-electron chi connectivity index (χ4n) is 1.75. The van der Waals surface area contributed by atoms with E-state index in [2.05, 4.69) is 15.4 Å². The van der Waals surface area contributed by atoms with E-state index in [1.54, 1.807) is 24.3 Å². The van der Waals surface area contributed by atoms with Gasteiger partial charge in [0.1, 0.15) is 0 Å². The maximum absolute atomic E-state index is 11.6. The van der Waals surface area contributed by atoms with Gasteiger partial charge in [-0.05, 0) is 49.6 Å². The summed E-state index contributed by atoms with van der Waals surface area (Å²) in [5.41, 5.74) is 1.11. The fraction of sp³-hybridized carbons (Fsp3) is 0.462. The van der Waals surface area contributed by atoms with Crippen molar-refractivity contribution in [1.29, 1.82) is 0 Å². The molecule has 1 saturated carbocycles. The Morgan fingerprint density at radius 2 is 1.80 bits per heavy atom. The lowest BCUT2D eigenvalue weighted by atomic mass is 10.3. The molecule has 3 N–H and O–H groups in total. The zero-order valence-electron chi connectivity index (χ0n) is 11.3. The van der Waals surface area contributed by atoms with Crippen molar-refractivity contribution in [2.75, 3.05) is 29.4 Å². The van der Waals surface area contributed by atoms with E-state index in [0.29, 0.717) is 17.9 Å². The molecule has 7 heteroatoms. The van der Waals surface area contributed by atoms with Crippen molar-refractivity contribution < 1.29 is 13.2 Å². The van der Waals surface area contributed by atoms with Crippen LogP contribution in [-0.4, -0.2) is 33.7 Å². The highest BCUT2D eigenvalue weighted by Gasteiger charge is 2.20. The van der Waals surface area contributed by atoms with E-state index in [9.17, 15) is 13.2 Å². The second-order valence-electron chi connectivity index (χ2n) is 5.07. The molecule has 0 aliphatic heterocycles. The quantitative estimate of drug-likeness (QED) is 0.700. The molecule has 0 spiro atoms. The van der Waals surface area contributed by atoms with Crippen LogP contribution >= 0.6 is 0 Å². The fourth-order valence-corrected chi connectivity index (χ4v) is 2.32. The summed E-state index contributed by atoms with van der Waals surface area (Å²) in [6.07, 6.45) is 3.60. The molecule has 0 atom stereocenters. The zero-order valence-corrected chi connectivity index (χ0v) is 12.2. The summed E-state index contributed by atoms with van der Waals surface area (Å²) in [6.45, 7) is 1.18. The Labute approximate surface area is 119 Å². The normalized spacial score (nSPS) is 14.8. The van der Waals surface area contributed by atoms with Gasteiger partial charge in [0.25, 0.3) is 0 Å². The lowest BCUT2D eigenvalue weighted by Gasteiger charge is -2.08. The predicted octanol–water partition coefficient (Wildman–Crippen LogP) is 0.996. The molecule has 0 saturated heterocycles. The molecule has 0 unspecified atom stereocenters. The average Bonchev–Trinajstić information content (AvgIpc) is 3.14. The molecule has 1 aromatic carbocycles. The minimum Gasteiger partial charge on any atom is -0.325 e. The van der Waals surface area contributed by atoms with Crippen molar-refractivity contribution in [3.8, 4) is 0 Å². The molecule has 20 heavy (non-hydrogen) atoms. The Morgan fingerprint density at radius 1 is 1.20 bits per heavy atom. The SMILES string of the molecule is CS(=O)(=O)Nc1ccc(NC(=O)CNCC2CC2)cc1. The van der Waals surface area contributed by atoms with Crippen LogP contribution in [0, 0.1) is 5.92 Å². The van der Waals surface area contributed by atoms with E-state index in [-0.39, 0.29) is 5.91 Å². The maximum atomic E-state index is 11.6. The predicted molar refractivity (Wildman–Crippen MR) is 79.1 cm³/mol. The third kappa shape index (κ3) is 5.58. The minimum atomic E-state index is -3.27. The highest BCUT2D eigenvalue weighted by atomic mass is 32.2. The van der Waals surface area contributed by atoms with Gasteiger partial charge in [-0.3, -0.25) is 9.52 Å². The van der Waals surface area contributed by atoms with Crippen molar-refractivity contribution in [2.45, 2.75) is 12.8 Å². The van der Waals surface area contributed by atoms with Gasteiger partial charge in [0.05, 0.1) is 12.8 Å². The van der Waals surface area contributed by atoms with Crippen LogP contribution in [0.25, 0.3) is 0 Å². The van der Waals surface area contributed by atoms with Gasteiger partial charge in [0.2, 0.25) is 15.9 Å². The Hall–Kier alpha value is -1.60. The second-order valence-corrected chi connectivity index (χ2v) is 6.82. The van der Waals surface area contributed by atoms with Crippen molar-refractivity contribution in [3.05, 3.63) is 24.3 Å². The topological polar surface area (TPSA) is 87.3 Å². The van der Waals surface area contributed by atoms with Crippen molar-refractivity contribution in [3.63, 3.8) is 0 Å². The highest BCUT2D eigenvalue weighted by molar-refractivity contribution is 7.92. The summed E-state index contributed by atoms with van der Waals surface area (Å²) in [5.74, 6) is 0.638. The van der Waals surface area contributed by atoms with Crippen LogP contribution in [0.3, 0.4) is 0 Å². The number of sulfonamides is 1. The third-order valence-electron chi connectivity index (χ3n) is 2.89. The first-order chi connectivity index (χ1) is 9.42. The summed E-state index contributed by atoms with van der Waals surface area (Å²) in [6, 6.07) is 6.53. The summed E-state index contributed by atoms with van der Waals surface area (Å²) in [4.78, 5) is 11.6. The Balaban J connectivity index is 1.78. The number of anilines is 2. The molecule has 0 radical (unpaired) electrons. The molecule has 0 heterocycles. The maximum Gasteiger partial charge on any atom is 0.238 e. The van der Waals surface area contributed by atoms with Crippen molar-refractivity contribution in [2.24, 2.45) is 5.92 Å². The van der Waals surface area contributed by atoms with Crippen LogP contribution in [0.1, 0.15) is 12.8 Å².